The van der Waals surface area contributed by atoms with Crippen molar-refractivity contribution in [3.63, 3.8) is 0 Å². The van der Waals surface area contributed by atoms with Crippen molar-refractivity contribution in [3.8, 4) is 0 Å². The number of carbonyl (C=O) groups excluding carboxylic acids is 2. The van der Waals surface area contributed by atoms with Gasteiger partial charge in [0.15, 0.2) is 0 Å². The average Bonchev–Trinajstić information content (AvgIpc) is 2.59. The zero-order valence-electron chi connectivity index (χ0n) is 14.2. The van der Waals surface area contributed by atoms with E-state index in [0.29, 0.717) is 13.0 Å². The summed E-state index contributed by atoms with van der Waals surface area (Å²) >= 11 is 0. The van der Waals surface area contributed by atoms with Gasteiger partial charge in [0.2, 0.25) is 11.8 Å². The first-order valence-electron chi connectivity index (χ1n) is 8.04. The van der Waals surface area contributed by atoms with E-state index in [9.17, 15) is 22.8 Å². The molecule has 0 unspecified atom stereocenters. The van der Waals surface area contributed by atoms with Crippen LogP contribution >= 0.6 is 0 Å². The highest BCUT2D eigenvalue weighted by Gasteiger charge is 2.35. The standard InChI is InChI=1S/C19H19F3N2O2/c1-14(25)24(17-10-6-5-9-16(17)19(20,21)22)13-18(26)23-12-11-15-7-3-2-4-8-15/h2-10H,11-13H2,1H3,(H,23,26). The zero-order valence-corrected chi connectivity index (χ0v) is 14.2. The molecule has 0 aliphatic rings. The Morgan fingerprint density at radius 3 is 2.23 bits per heavy atom. The highest BCUT2D eigenvalue weighted by molar-refractivity contribution is 5.98. The van der Waals surface area contributed by atoms with E-state index in [1.54, 1.807) is 0 Å². The van der Waals surface area contributed by atoms with Gasteiger partial charge in [-0.25, -0.2) is 0 Å². The molecule has 138 valence electrons. The highest BCUT2D eigenvalue weighted by Crippen LogP contribution is 2.36. The molecule has 0 fully saturated rings. The lowest BCUT2D eigenvalue weighted by Gasteiger charge is -2.24. The third-order valence-electron chi connectivity index (χ3n) is 3.76. The van der Waals surface area contributed by atoms with Gasteiger partial charge in [0.25, 0.3) is 0 Å². The van der Waals surface area contributed by atoms with Crippen molar-refractivity contribution in [1.29, 1.82) is 0 Å². The molecule has 0 atom stereocenters. The molecule has 0 spiro atoms. The van der Waals surface area contributed by atoms with E-state index in [-0.39, 0.29) is 5.69 Å². The molecule has 0 heterocycles. The van der Waals surface area contributed by atoms with Gasteiger partial charge in [-0.15, -0.1) is 0 Å². The van der Waals surface area contributed by atoms with Crippen LogP contribution in [0.3, 0.4) is 0 Å². The number of alkyl halides is 3. The fourth-order valence-corrected chi connectivity index (χ4v) is 2.51. The van der Waals surface area contributed by atoms with Gasteiger partial charge in [0.05, 0.1) is 11.3 Å². The molecule has 2 rings (SSSR count). The molecule has 0 radical (unpaired) electrons. The van der Waals surface area contributed by atoms with Crippen LogP contribution in [0.25, 0.3) is 0 Å². The predicted molar refractivity (Wildman–Crippen MR) is 92.6 cm³/mol. The summed E-state index contributed by atoms with van der Waals surface area (Å²) in [6.07, 6.45) is -4.03. The SMILES string of the molecule is CC(=O)N(CC(=O)NCCc1ccccc1)c1ccccc1C(F)(F)F. The number of hydrogen-bond acceptors (Lipinski definition) is 2. The lowest BCUT2D eigenvalue weighted by atomic mass is 10.1. The van der Waals surface area contributed by atoms with Crippen molar-refractivity contribution in [2.45, 2.75) is 19.5 Å². The quantitative estimate of drug-likeness (QED) is 0.854. The molecular weight excluding hydrogens is 345 g/mol. The molecular formula is C19H19F3N2O2. The third kappa shape index (κ3) is 5.34. The molecule has 0 saturated heterocycles. The Balaban J connectivity index is 2.05. The van der Waals surface area contributed by atoms with Crippen LogP contribution in [0.2, 0.25) is 0 Å². The molecule has 2 aromatic rings. The van der Waals surface area contributed by atoms with Crippen molar-refractivity contribution in [2.24, 2.45) is 0 Å². The maximum Gasteiger partial charge on any atom is 0.418 e. The number of rotatable bonds is 6. The number of para-hydroxylation sites is 1. The van der Waals surface area contributed by atoms with Crippen LogP contribution in [0.5, 0.6) is 0 Å². The van der Waals surface area contributed by atoms with Gasteiger partial charge in [0, 0.05) is 13.5 Å². The summed E-state index contributed by atoms with van der Waals surface area (Å²) in [4.78, 5) is 24.8. The van der Waals surface area contributed by atoms with E-state index >= 15 is 0 Å². The Morgan fingerprint density at radius 2 is 1.62 bits per heavy atom. The second-order valence-electron chi connectivity index (χ2n) is 5.71. The molecule has 0 aliphatic carbocycles. The topological polar surface area (TPSA) is 49.4 Å². The van der Waals surface area contributed by atoms with Crippen LogP contribution in [0.15, 0.2) is 54.6 Å². The molecule has 4 nitrogen and oxygen atoms in total. The minimum Gasteiger partial charge on any atom is -0.354 e. The number of halogens is 3. The minimum atomic E-state index is -4.62. The third-order valence-corrected chi connectivity index (χ3v) is 3.76. The molecule has 26 heavy (non-hydrogen) atoms. The maximum absolute atomic E-state index is 13.2. The van der Waals surface area contributed by atoms with Gasteiger partial charge in [-0.1, -0.05) is 42.5 Å². The number of benzene rings is 2. The Kier molecular flexibility index (Phi) is 6.38. The van der Waals surface area contributed by atoms with Crippen LogP contribution in [0.4, 0.5) is 18.9 Å². The summed E-state index contributed by atoms with van der Waals surface area (Å²) in [5, 5.41) is 2.63. The van der Waals surface area contributed by atoms with Crippen LogP contribution in [0.1, 0.15) is 18.1 Å². The summed E-state index contributed by atoms with van der Waals surface area (Å²) in [6, 6.07) is 14.2. The maximum atomic E-state index is 13.2. The summed E-state index contributed by atoms with van der Waals surface area (Å²) in [6.45, 7) is 0.983. The average molecular weight is 364 g/mol. The molecule has 1 N–H and O–H groups in total. The van der Waals surface area contributed by atoms with Crippen molar-refractivity contribution in [3.05, 3.63) is 65.7 Å². The van der Waals surface area contributed by atoms with Crippen LogP contribution in [-0.2, 0) is 22.2 Å². The van der Waals surface area contributed by atoms with E-state index < -0.39 is 30.1 Å². The van der Waals surface area contributed by atoms with E-state index in [4.69, 9.17) is 0 Å². The Labute approximate surface area is 149 Å². The van der Waals surface area contributed by atoms with Crippen molar-refractivity contribution < 1.29 is 22.8 Å². The minimum absolute atomic E-state index is 0.328. The fraction of sp³-hybridized carbons (Fsp3) is 0.263. The molecule has 0 saturated carbocycles. The second-order valence-corrected chi connectivity index (χ2v) is 5.71. The number of carbonyl (C=O) groups is 2. The number of amides is 2. The summed E-state index contributed by atoms with van der Waals surface area (Å²) < 4.78 is 39.5. The van der Waals surface area contributed by atoms with Crippen molar-refractivity contribution >= 4 is 17.5 Å². The summed E-state index contributed by atoms with van der Waals surface area (Å²) in [7, 11) is 0. The smallest absolute Gasteiger partial charge is 0.354 e. The first kappa shape index (κ1) is 19.5. The van der Waals surface area contributed by atoms with Crippen molar-refractivity contribution in [2.75, 3.05) is 18.0 Å². The zero-order chi connectivity index (χ0) is 19.2. The van der Waals surface area contributed by atoms with Gasteiger partial charge >= 0.3 is 6.18 Å². The fourth-order valence-electron chi connectivity index (χ4n) is 2.51. The number of nitrogens with zero attached hydrogens (tertiary/aromatic N) is 1. The number of hydrogen-bond donors (Lipinski definition) is 1. The normalized spacial score (nSPS) is 11.1. The van der Waals surface area contributed by atoms with Gasteiger partial charge < -0.3 is 10.2 Å². The molecule has 0 aromatic heterocycles. The molecule has 0 bridgehead atoms. The van der Waals surface area contributed by atoms with Crippen LogP contribution in [-0.4, -0.2) is 24.9 Å². The van der Waals surface area contributed by atoms with Gasteiger partial charge in [-0.2, -0.15) is 13.2 Å². The summed E-state index contributed by atoms with van der Waals surface area (Å²) in [5.41, 5.74) is -0.253. The largest absolute Gasteiger partial charge is 0.418 e. The van der Waals surface area contributed by atoms with Gasteiger partial charge in [-0.3, -0.25) is 9.59 Å². The summed E-state index contributed by atoms with van der Waals surface area (Å²) in [5.74, 6) is -1.16. The van der Waals surface area contributed by atoms with Gasteiger partial charge in [0.1, 0.15) is 6.54 Å². The lowest BCUT2D eigenvalue weighted by Crippen LogP contribution is -2.41. The van der Waals surface area contributed by atoms with Gasteiger partial charge in [-0.05, 0) is 24.1 Å². The molecule has 2 amide bonds. The monoisotopic (exact) mass is 364 g/mol. The molecule has 7 heteroatoms. The number of nitrogens with one attached hydrogen (secondary N) is 1. The van der Waals surface area contributed by atoms with E-state index in [1.807, 2.05) is 30.3 Å². The second kappa shape index (κ2) is 8.51. The van der Waals surface area contributed by atoms with E-state index in [1.165, 1.54) is 18.2 Å². The predicted octanol–water partition coefficient (Wildman–Crippen LogP) is 3.42. The Bertz CT molecular complexity index is 761. The Morgan fingerprint density at radius 1 is 1.00 bits per heavy atom. The number of anilines is 1. The molecule has 0 aliphatic heterocycles. The van der Waals surface area contributed by atoms with Crippen molar-refractivity contribution in [1.82, 2.24) is 5.32 Å². The van der Waals surface area contributed by atoms with E-state index in [2.05, 4.69) is 5.32 Å². The lowest BCUT2D eigenvalue weighted by molar-refractivity contribution is -0.137. The first-order valence-corrected chi connectivity index (χ1v) is 8.04. The Hall–Kier alpha value is -2.83. The van der Waals surface area contributed by atoms with Crippen LogP contribution < -0.4 is 10.2 Å². The van der Waals surface area contributed by atoms with E-state index in [0.717, 1.165) is 23.5 Å². The highest BCUT2D eigenvalue weighted by atomic mass is 19.4. The first-order chi connectivity index (χ1) is 12.3. The molecule has 2 aromatic carbocycles. The van der Waals surface area contributed by atoms with Crippen LogP contribution in [0, 0.1) is 0 Å².